The summed E-state index contributed by atoms with van der Waals surface area (Å²) in [6.45, 7) is 3.35. The third kappa shape index (κ3) is 4.13. The van der Waals surface area contributed by atoms with Gasteiger partial charge in [0.25, 0.3) is 5.91 Å². The third-order valence-electron chi connectivity index (χ3n) is 4.48. The number of amides is 1. The molecule has 1 atom stereocenters. The lowest BCUT2D eigenvalue weighted by Gasteiger charge is -2.30. The van der Waals surface area contributed by atoms with E-state index in [9.17, 15) is 9.18 Å². The lowest BCUT2D eigenvalue weighted by molar-refractivity contribution is 0.0679. The van der Waals surface area contributed by atoms with Crippen molar-refractivity contribution in [3.8, 4) is 0 Å². The van der Waals surface area contributed by atoms with Gasteiger partial charge < -0.3 is 10.2 Å². The van der Waals surface area contributed by atoms with Gasteiger partial charge in [0.05, 0.1) is 11.6 Å². The summed E-state index contributed by atoms with van der Waals surface area (Å²) in [7, 11) is 0. The number of likely N-dealkylation sites (tertiary alicyclic amines) is 1. The summed E-state index contributed by atoms with van der Waals surface area (Å²) >= 11 is 0. The monoisotopic (exact) mass is 342 g/mol. The highest BCUT2D eigenvalue weighted by molar-refractivity contribution is 5.94. The van der Waals surface area contributed by atoms with E-state index >= 15 is 0 Å². The van der Waals surface area contributed by atoms with E-state index in [1.807, 2.05) is 17.9 Å². The molecule has 1 aromatic carbocycles. The Balaban J connectivity index is 1.86. The number of nitrogens with one attached hydrogen (secondary N) is 1. The summed E-state index contributed by atoms with van der Waals surface area (Å²) < 4.78 is 13.7. The van der Waals surface area contributed by atoms with Crippen LogP contribution in [0.2, 0.25) is 0 Å². The van der Waals surface area contributed by atoms with Crippen molar-refractivity contribution in [1.82, 2.24) is 14.9 Å². The van der Waals surface area contributed by atoms with Gasteiger partial charge >= 0.3 is 0 Å². The van der Waals surface area contributed by atoms with E-state index in [4.69, 9.17) is 0 Å². The molecule has 1 amide bonds. The van der Waals surface area contributed by atoms with Crippen LogP contribution in [0.1, 0.15) is 54.6 Å². The fraction of sp³-hybridized carbons (Fsp3) is 0.421. The van der Waals surface area contributed by atoms with E-state index in [0.29, 0.717) is 18.1 Å². The summed E-state index contributed by atoms with van der Waals surface area (Å²) in [5, 5.41) is 3.02. The van der Waals surface area contributed by atoms with Crippen LogP contribution in [0.25, 0.3) is 0 Å². The molecule has 0 bridgehead atoms. The van der Waals surface area contributed by atoms with Gasteiger partial charge in [-0.3, -0.25) is 4.79 Å². The summed E-state index contributed by atoms with van der Waals surface area (Å²) in [5.74, 6) is 0.142. The number of hydrogen-bond donors (Lipinski definition) is 1. The van der Waals surface area contributed by atoms with Crippen LogP contribution in [-0.4, -0.2) is 33.9 Å². The maximum atomic E-state index is 13.7. The number of carbonyl (C=O) groups is 1. The van der Waals surface area contributed by atoms with Crippen molar-refractivity contribution in [2.24, 2.45) is 0 Å². The smallest absolute Gasteiger partial charge is 0.257 e. The first-order valence-corrected chi connectivity index (χ1v) is 8.81. The number of aromatic nitrogens is 2. The predicted octanol–water partition coefficient (Wildman–Crippen LogP) is 3.81. The van der Waals surface area contributed by atoms with Crippen molar-refractivity contribution in [1.29, 1.82) is 0 Å². The molecular formula is C19H23FN4O. The Bertz CT molecular complexity index is 720. The number of halogens is 1. The zero-order chi connectivity index (χ0) is 17.6. The highest BCUT2D eigenvalue weighted by Gasteiger charge is 2.28. The third-order valence-corrected chi connectivity index (χ3v) is 4.48. The van der Waals surface area contributed by atoms with Crippen LogP contribution < -0.4 is 5.32 Å². The Morgan fingerprint density at radius 1 is 1.28 bits per heavy atom. The Morgan fingerprint density at radius 2 is 2.08 bits per heavy atom. The maximum absolute atomic E-state index is 13.7. The second-order valence-electron chi connectivity index (χ2n) is 6.24. The molecule has 5 nitrogen and oxygen atoms in total. The van der Waals surface area contributed by atoms with Crippen molar-refractivity contribution in [2.75, 3.05) is 18.4 Å². The molecule has 6 heteroatoms. The molecule has 1 saturated heterocycles. The second kappa shape index (κ2) is 8.05. The zero-order valence-electron chi connectivity index (χ0n) is 14.4. The molecule has 1 aliphatic heterocycles. The number of rotatable bonds is 4. The molecule has 3 rings (SSSR count). The molecule has 1 fully saturated rings. The van der Waals surface area contributed by atoms with Crippen molar-refractivity contribution in [2.45, 2.75) is 38.6 Å². The van der Waals surface area contributed by atoms with Crippen LogP contribution in [0, 0.1) is 5.82 Å². The van der Waals surface area contributed by atoms with Crippen LogP contribution in [-0.2, 0) is 0 Å². The minimum absolute atomic E-state index is 0.0980. The summed E-state index contributed by atoms with van der Waals surface area (Å²) in [4.78, 5) is 23.2. The number of benzene rings is 1. The molecule has 2 heterocycles. The van der Waals surface area contributed by atoms with E-state index in [2.05, 4.69) is 15.3 Å². The van der Waals surface area contributed by atoms with Gasteiger partial charge in [-0.05, 0) is 37.5 Å². The first kappa shape index (κ1) is 17.3. The van der Waals surface area contributed by atoms with Gasteiger partial charge in [0.1, 0.15) is 5.82 Å². The standard InChI is InChI=1S/C19H23FN4O/c1-2-21-19-22-12-15(13-23-19)18(25)24-10-5-3-4-9-17(24)14-7-6-8-16(20)11-14/h6-8,11-13,17H,2-5,9-10H2,1H3,(H,21,22,23). The maximum Gasteiger partial charge on any atom is 0.257 e. The Hall–Kier alpha value is -2.50. The molecule has 25 heavy (non-hydrogen) atoms. The molecule has 0 aliphatic carbocycles. The van der Waals surface area contributed by atoms with Crippen LogP contribution in [0.3, 0.4) is 0 Å². The van der Waals surface area contributed by atoms with E-state index in [1.54, 1.807) is 18.5 Å². The highest BCUT2D eigenvalue weighted by atomic mass is 19.1. The zero-order valence-corrected chi connectivity index (χ0v) is 14.4. The lowest BCUT2D eigenvalue weighted by atomic mass is 10.00. The topological polar surface area (TPSA) is 58.1 Å². The highest BCUT2D eigenvalue weighted by Crippen LogP contribution is 2.31. The van der Waals surface area contributed by atoms with E-state index in [0.717, 1.165) is 37.8 Å². The molecule has 0 radical (unpaired) electrons. The molecule has 1 N–H and O–H groups in total. The van der Waals surface area contributed by atoms with Crippen LogP contribution in [0.15, 0.2) is 36.7 Å². The summed E-state index contributed by atoms with van der Waals surface area (Å²) in [6.07, 6.45) is 7.01. The Labute approximate surface area is 147 Å². The van der Waals surface area contributed by atoms with Gasteiger partial charge in [-0.25, -0.2) is 14.4 Å². The quantitative estimate of drug-likeness (QED) is 0.918. The molecule has 132 valence electrons. The average molecular weight is 342 g/mol. The van der Waals surface area contributed by atoms with Gasteiger partial charge in [-0.15, -0.1) is 0 Å². The van der Waals surface area contributed by atoms with Crippen molar-refractivity contribution < 1.29 is 9.18 Å². The van der Waals surface area contributed by atoms with Gasteiger partial charge in [0.15, 0.2) is 0 Å². The fourth-order valence-corrected chi connectivity index (χ4v) is 3.27. The summed E-state index contributed by atoms with van der Waals surface area (Å²) in [5.41, 5.74) is 1.31. The van der Waals surface area contributed by atoms with Gasteiger partial charge in [0.2, 0.25) is 5.95 Å². The summed E-state index contributed by atoms with van der Waals surface area (Å²) in [6, 6.07) is 6.44. The average Bonchev–Trinajstić information content (AvgIpc) is 2.88. The van der Waals surface area contributed by atoms with Crippen LogP contribution in [0.5, 0.6) is 0 Å². The van der Waals surface area contributed by atoms with Gasteiger partial charge in [-0.2, -0.15) is 0 Å². The number of hydrogen-bond acceptors (Lipinski definition) is 4. The normalized spacial score (nSPS) is 17.8. The molecule has 0 spiro atoms. The lowest BCUT2D eigenvalue weighted by Crippen LogP contribution is -2.35. The van der Waals surface area contributed by atoms with Gasteiger partial charge in [0, 0.05) is 25.5 Å². The largest absolute Gasteiger partial charge is 0.355 e. The first-order valence-electron chi connectivity index (χ1n) is 8.81. The number of carbonyl (C=O) groups excluding carboxylic acids is 1. The molecule has 0 saturated carbocycles. The molecular weight excluding hydrogens is 319 g/mol. The van der Waals surface area contributed by atoms with Crippen molar-refractivity contribution >= 4 is 11.9 Å². The van der Waals surface area contributed by atoms with E-state index in [1.165, 1.54) is 12.1 Å². The second-order valence-corrected chi connectivity index (χ2v) is 6.24. The molecule has 1 unspecified atom stereocenters. The van der Waals surface area contributed by atoms with Crippen LogP contribution in [0.4, 0.5) is 10.3 Å². The molecule has 2 aromatic rings. The Morgan fingerprint density at radius 3 is 2.80 bits per heavy atom. The minimum atomic E-state index is -0.271. The fourth-order valence-electron chi connectivity index (χ4n) is 3.27. The number of nitrogens with zero attached hydrogens (tertiary/aromatic N) is 3. The van der Waals surface area contributed by atoms with E-state index in [-0.39, 0.29) is 17.8 Å². The first-order chi connectivity index (χ1) is 12.2. The predicted molar refractivity (Wildman–Crippen MR) is 94.8 cm³/mol. The van der Waals surface area contributed by atoms with Crippen molar-refractivity contribution in [3.63, 3.8) is 0 Å². The van der Waals surface area contributed by atoms with E-state index < -0.39 is 0 Å². The van der Waals surface area contributed by atoms with Gasteiger partial charge in [-0.1, -0.05) is 25.0 Å². The SMILES string of the molecule is CCNc1ncc(C(=O)N2CCCCCC2c2cccc(F)c2)cn1. The molecule has 1 aromatic heterocycles. The van der Waals surface area contributed by atoms with Crippen LogP contribution >= 0.6 is 0 Å². The Kier molecular flexibility index (Phi) is 5.58. The number of anilines is 1. The molecule has 1 aliphatic rings. The van der Waals surface area contributed by atoms with Crippen molar-refractivity contribution in [3.05, 3.63) is 53.6 Å². The minimum Gasteiger partial charge on any atom is -0.355 e.